The molecule has 0 radical (unpaired) electrons. The average molecular weight is 382 g/mol. The highest BCUT2D eigenvalue weighted by atomic mass is 16.5. The van der Waals surface area contributed by atoms with Crippen molar-refractivity contribution in [3.8, 4) is 5.88 Å². The Morgan fingerprint density at radius 3 is 2.39 bits per heavy atom. The van der Waals surface area contributed by atoms with Crippen molar-refractivity contribution in [3.05, 3.63) is 59.8 Å². The van der Waals surface area contributed by atoms with Crippen LogP contribution in [0.5, 0.6) is 5.88 Å². The summed E-state index contributed by atoms with van der Waals surface area (Å²) < 4.78 is 10.8. The second-order valence-corrected chi connectivity index (χ2v) is 7.14. The van der Waals surface area contributed by atoms with Crippen LogP contribution in [0, 0.1) is 0 Å². The predicted octanol–water partition coefficient (Wildman–Crippen LogP) is 3.83. The van der Waals surface area contributed by atoms with Crippen LogP contribution >= 0.6 is 0 Å². The Balaban J connectivity index is 1.67. The molecule has 0 spiro atoms. The summed E-state index contributed by atoms with van der Waals surface area (Å²) in [4.78, 5) is 29.2. The predicted molar refractivity (Wildman–Crippen MR) is 105 cm³/mol. The van der Waals surface area contributed by atoms with E-state index < -0.39 is 5.54 Å². The smallest absolute Gasteiger partial charge is 0.331 e. The quantitative estimate of drug-likeness (QED) is 0.769. The number of hydrogen-bond acceptors (Lipinski definition) is 5. The number of ether oxygens (including phenoxy) is 2. The van der Waals surface area contributed by atoms with Crippen LogP contribution < -0.4 is 10.1 Å². The topological polar surface area (TPSA) is 77.5 Å². The average Bonchev–Trinajstić information content (AvgIpc) is 2.74. The highest BCUT2D eigenvalue weighted by Crippen LogP contribution is 2.30. The molecule has 1 aliphatic carbocycles. The molecule has 148 valence electrons. The molecule has 6 nitrogen and oxygen atoms in total. The van der Waals surface area contributed by atoms with Gasteiger partial charge in [-0.2, -0.15) is 0 Å². The first kappa shape index (κ1) is 19.9. The Bertz CT molecular complexity index is 799. The molecule has 1 heterocycles. The maximum Gasteiger partial charge on any atom is 0.331 e. The number of aromatic nitrogens is 1. The van der Waals surface area contributed by atoms with Gasteiger partial charge in [0.05, 0.1) is 12.7 Å². The van der Waals surface area contributed by atoms with Gasteiger partial charge in [0.1, 0.15) is 11.6 Å². The van der Waals surface area contributed by atoms with Crippen molar-refractivity contribution in [1.29, 1.82) is 0 Å². The van der Waals surface area contributed by atoms with Crippen molar-refractivity contribution in [2.75, 3.05) is 7.11 Å². The van der Waals surface area contributed by atoms with Crippen LogP contribution in [0.15, 0.2) is 48.7 Å². The molecule has 0 aliphatic heterocycles. The Labute approximate surface area is 165 Å². The number of pyridine rings is 1. The second-order valence-electron chi connectivity index (χ2n) is 7.14. The molecule has 1 aromatic heterocycles. The standard InChI is InChI=1S/C22H26N2O4/c1-16(17-9-5-3-6-10-17)28-19-12-11-18(15-23-19)20(25)24-22(21(26)27-2)13-7-4-8-14-22/h3,5-6,9-12,15-16H,4,7-8,13-14H2,1-2H3,(H,24,25)/t16-/m1/s1. The Hall–Kier alpha value is -2.89. The van der Waals surface area contributed by atoms with Crippen LogP contribution in [0.25, 0.3) is 0 Å². The van der Waals surface area contributed by atoms with Crippen molar-refractivity contribution in [1.82, 2.24) is 10.3 Å². The number of carbonyl (C=O) groups excluding carboxylic acids is 2. The van der Waals surface area contributed by atoms with E-state index in [0.717, 1.165) is 24.8 Å². The normalized spacial score (nSPS) is 16.6. The number of rotatable bonds is 6. The van der Waals surface area contributed by atoms with Gasteiger partial charge in [0.2, 0.25) is 5.88 Å². The lowest BCUT2D eigenvalue weighted by atomic mass is 9.81. The maximum absolute atomic E-state index is 12.7. The van der Waals surface area contributed by atoms with Crippen molar-refractivity contribution in [3.63, 3.8) is 0 Å². The first-order chi connectivity index (χ1) is 13.5. The van der Waals surface area contributed by atoms with Crippen molar-refractivity contribution < 1.29 is 19.1 Å². The number of amides is 1. The molecule has 1 fully saturated rings. The van der Waals surface area contributed by atoms with Gasteiger partial charge in [-0.25, -0.2) is 9.78 Å². The van der Waals surface area contributed by atoms with E-state index in [1.165, 1.54) is 13.3 Å². The molecule has 1 saturated carbocycles. The van der Waals surface area contributed by atoms with Crippen molar-refractivity contribution in [2.45, 2.75) is 50.7 Å². The highest BCUT2D eigenvalue weighted by Gasteiger charge is 2.42. The Kier molecular flexibility index (Phi) is 6.29. The first-order valence-corrected chi connectivity index (χ1v) is 9.63. The van der Waals surface area contributed by atoms with Crippen molar-refractivity contribution >= 4 is 11.9 Å². The zero-order valence-corrected chi connectivity index (χ0v) is 16.3. The lowest BCUT2D eigenvalue weighted by Gasteiger charge is -2.35. The summed E-state index contributed by atoms with van der Waals surface area (Å²) >= 11 is 0. The van der Waals surface area contributed by atoms with Gasteiger partial charge < -0.3 is 14.8 Å². The molecular weight excluding hydrogens is 356 g/mol. The van der Waals surface area contributed by atoms with Gasteiger partial charge in [-0.1, -0.05) is 49.6 Å². The Morgan fingerprint density at radius 1 is 1.07 bits per heavy atom. The van der Waals surface area contributed by atoms with Crippen LogP contribution in [0.3, 0.4) is 0 Å². The summed E-state index contributed by atoms with van der Waals surface area (Å²) in [5.74, 6) is -0.277. The van der Waals surface area contributed by atoms with Gasteiger partial charge in [-0.15, -0.1) is 0 Å². The summed E-state index contributed by atoms with van der Waals surface area (Å²) in [6, 6.07) is 13.2. The fourth-order valence-electron chi connectivity index (χ4n) is 3.58. The van der Waals surface area contributed by atoms with E-state index in [0.29, 0.717) is 24.3 Å². The molecule has 6 heteroatoms. The van der Waals surface area contributed by atoms with Crippen LogP contribution in [0.1, 0.15) is 61.1 Å². The second kappa shape index (κ2) is 8.87. The van der Waals surface area contributed by atoms with Gasteiger partial charge in [0.25, 0.3) is 5.91 Å². The van der Waals surface area contributed by atoms with E-state index in [1.54, 1.807) is 12.1 Å². The summed E-state index contributed by atoms with van der Waals surface area (Å²) in [6.07, 6.45) is 5.33. The van der Waals surface area contributed by atoms with Gasteiger partial charge in [0.15, 0.2) is 0 Å². The van der Waals surface area contributed by atoms with Gasteiger partial charge in [0, 0.05) is 12.3 Å². The van der Waals surface area contributed by atoms with Crippen molar-refractivity contribution in [2.24, 2.45) is 0 Å². The lowest BCUT2D eigenvalue weighted by Crippen LogP contribution is -2.56. The molecule has 0 saturated heterocycles. The largest absolute Gasteiger partial charge is 0.470 e. The summed E-state index contributed by atoms with van der Waals surface area (Å²) in [5.41, 5.74) is 0.484. The number of nitrogens with one attached hydrogen (secondary N) is 1. The number of carbonyl (C=O) groups is 2. The first-order valence-electron chi connectivity index (χ1n) is 9.63. The molecule has 28 heavy (non-hydrogen) atoms. The molecule has 3 rings (SSSR count). The maximum atomic E-state index is 12.7. The fourth-order valence-corrected chi connectivity index (χ4v) is 3.58. The summed E-state index contributed by atoms with van der Waals surface area (Å²) in [5, 5.41) is 2.89. The van der Waals surface area contributed by atoms with Gasteiger partial charge >= 0.3 is 5.97 Å². The monoisotopic (exact) mass is 382 g/mol. The van der Waals surface area contributed by atoms with Gasteiger partial charge in [-0.3, -0.25) is 4.79 Å². The Morgan fingerprint density at radius 2 is 1.79 bits per heavy atom. The molecule has 1 amide bonds. The zero-order chi connectivity index (χ0) is 20.0. The third-order valence-electron chi connectivity index (χ3n) is 5.20. The van der Waals surface area contributed by atoms with E-state index in [4.69, 9.17) is 9.47 Å². The molecule has 0 bridgehead atoms. The minimum atomic E-state index is -0.943. The number of nitrogens with zero attached hydrogens (tertiary/aromatic N) is 1. The molecular formula is C22H26N2O4. The third kappa shape index (κ3) is 4.50. The number of hydrogen-bond donors (Lipinski definition) is 1. The molecule has 1 aromatic carbocycles. The lowest BCUT2D eigenvalue weighted by molar-refractivity contribution is -0.149. The minimum absolute atomic E-state index is 0.154. The van der Waals surface area contributed by atoms with E-state index in [1.807, 2.05) is 37.3 Å². The highest BCUT2D eigenvalue weighted by molar-refractivity contribution is 5.98. The number of benzene rings is 1. The van der Waals surface area contributed by atoms with Gasteiger partial charge in [-0.05, 0) is 31.4 Å². The van der Waals surface area contributed by atoms with Crippen LogP contribution in [-0.4, -0.2) is 29.5 Å². The van der Waals surface area contributed by atoms with E-state index >= 15 is 0 Å². The van der Waals surface area contributed by atoms with Crippen LogP contribution in [0.4, 0.5) is 0 Å². The van der Waals surface area contributed by atoms with E-state index in [-0.39, 0.29) is 18.0 Å². The zero-order valence-electron chi connectivity index (χ0n) is 16.3. The number of methoxy groups -OCH3 is 1. The molecule has 0 unspecified atom stereocenters. The van der Waals surface area contributed by atoms with E-state index in [2.05, 4.69) is 10.3 Å². The third-order valence-corrected chi connectivity index (χ3v) is 5.20. The van der Waals surface area contributed by atoms with Crippen LogP contribution in [0.2, 0.25) is 0 Å². The summed E-state index contributed by atoms with van der Waals surface area (Å²) in [7, 11) is 1.35. The SMILES string of the molecule is COC(=O)C1(NC(=O)c2ccc(O[C@H](C)c3ccccc3)nc2)CCCCC1. The fraction of sp³-hybridized carbons (Fsp3) is 0.409. The summed E-state index contributed by atoms with van der Waals surface area (Å²) in [6.45, 7) is 1.95. The molecule has 1 aliphatic rings. The number of esters is 1. The molecule has 2 aromatic rings. The molecule has 1 atom stereocenters. The minimum Gasteiger partial charge on any atom is -0.470 e. The van der Waals surface area contributed by atoms with E-state index in [9.17, 15) is 9.59 Å². The molecule has 1 N–H and O–H groups in total. The van der Waals surface area contributed by atoms with Crippen LogP contribution in [-0.2, 0) is 9.53 Å².